The predicted octanol–water partition coefficient (Wildman–Crippen LogP) is 5.83. The van der Waals surface area contributed by atoms with Crippen LogP contribution in [0.2, 0.25) is 0 Å². The molecular weight excluding hydrogens is 582 g/mol. The van der Waals surface area contributed by atoms with E-state index in [1.807, 2.05) is 47.0 Å². The first-order valence-corrected chi connectivity index (χ1v) is 17.9. The molecule has 0 aromatic heterocycles. The highest BCUT2D eigenvalue weighted by molar-refractivity contribution is 8.02. The zero-order valence-electron chi connectivity index (χ0n) is 22.4. The first-order chi connectivity index (χ1) is 20.8. The van der Waals surface area contributed by atoms with Crippen molar-refractivity contribution in [1.82, 2.24) is 0 Å². The van der Waals surface area contributed by atoms with Gasteiger partial charge in [-0.1, -0.05) is 130 Å². The smallest absolute Gasteiger partial charge is 0.0911 e. The number of fused-ring (bicyclic) bond motifs is 10. The zero-order valence-corrected chi connectivity index (χ0v) is 25.7. The largest absolute Gasteiger partial charge is 0.247 e. The molecule has 0 unspecified atom stereocenters. The van der Waals surface area contributed by atoms with Crippen LogP contribution in [0.5, 0.6) is 0 Å². The van der Waals surface area contributed by atoms with Crippen molar-refractivity contribution < 1.29 is 0 Å². The average molecular weight is 602 g/mol. The molecule has 0 amide bonds. The first-order valence-electron chi connectivity index (χ1n) is 14.6. The van der Waals surface area contributed by atoms with E-state index in [-0.39, 0.29) is 0 Å². The maximum absolute atomic E-state index is 2.61. The van der Waals surface area contributed by atoms with Gasteiger partial charge in [0.15, 0.2) is 0 Å². The van der Waals surface area contributed by atoms with Gasteiger partial charge in [0.25, 0.3) is 0 Å². The second-order valence-corrected chi connectivity index (χ2v) is 16.1. The van der Waals surface area contributed by atoms with Crippen LogP contribution < -0.4 is 32.8 Å². The van der Waals surface area contributed by atoms with Gasteiger partial charge in [0.2, 0.25) is 13.4 Å². The molecule has 0 spiro atoms. The van der Waals surface area contributed by atoms with Crippen molar-refractivity contribution in [3.05, 3.63) is 108 Å². The Bertz CT molecular complexity index is 2090. The third-order valence-corrected chi connectivity index (χ3v) is 14.5. The quantitative estimate of drug-likeness (QED) is 0.201. The van der Waals surface area contributed by atoms with E-state index in [4.69, 9.17) is 0 Å². The van der Waals surface area contributed by atoms with Crippen molar-refractivity contribution in [2.75, 3.05) is 0 Å². The summed E-state index contributed by atoms with van der Waals surface area (Å²) < 4.78 is 0. The second kappa shape index (κ2) is 8.39. The molecule has 0 saturated carbocycles. The van der Waals surface area contributed by atoms with Gasteiger partial charge >= 0.3 is 0 Å². The molecule has 194 valence electrons. The van der Waals surface area contributed by atoms with E-state index in [1.54, 1.807) is 16.5 Å². The third-order valence-electron chi connectivity index (χ3n) is 9.77. The van der Waals surface area contributed by atoms with Crippen LogP contribution in [0.3, 0.4) is 0 Å². The van der Waals surface area contributed by atoms with E-state index < -0.39 is 0 Å². The fourth-order valence-electron chi connectivity index (χ4n) is 8.12. The number of benzene rings is 6. The lowest BCUT2D eigenvalue weighted by atomic mass is 9.35. The molecule has 4 aliphatic heterocycles. The standard InChI is InChI=1S/C36H20B2S4/c1-3-9-25-21(7-1)37-23-17-19-15-16-20-18-24-36(32(31(19)20)35(23)41-29-13-5-11-27(39-25)33(29)37)42-30-14-6-12-28-34(30)38(24)22-8-2-4-10-26(22)40-28/h1-14,17-18H,15-16H2. The van der Waals surface area contributed by atoms with Crippen molar-refractivity contribution in [2.45, 2.75) is 52.0 Å². The summed E-state index contributed by atoms with van der Waals surface area (Å²) in [5, 5.41) is 3.07. The van der Waals surface area contributed by atoms with Crippen LogP contribution in [0.15, 0.2) is 136 Å². The highest BCUT2D eigenvalue weighted by atomic mass is 32.2. The summed E-state index contributed by atoms with van der Waals surface area (Å²) in [5.74, 6) is 0. The topological polar surface area (TPSA) is 0 Å². The van der Waals surface area contributed by atoms with Crippen LogP contribution in [0.25, 0.3) is 10.8 Å². The zero-order chi connectivity index (χ0) is 27.1. The van der Waals surface area contributed by atoms with Gasteiger partial charge in [0, 0.05) is 44.6 Å². The van der Waals surface area contributed by atoms with Gasteiger partial charge in [-0.25, -0.2) is 0 Å². The molecule has 6 aromatic carbocycles. The molecule has 0 bridgehead atoms. The average Bonchev–Trinajstić information content (AvgIpc) is 3.44. The number of hydrogen-bond acceptors (Lipinski definition) is 4. The maximum Gasteiger partial charge on any atom is 0.247 e. The summed E-state index contributed by atoms with van der Waals surface area (Å²) in [4.78, 5) is 11.5. The monoisotopic (exact) mass is 602 g/mol. The Morgan fingerprint density at radius 3 is 1.33 bits per heavy atom. The van der Waals surface area contributed by atoms with Crippen molar-refractivity contribution in [2.24, 2.45) is 0 Å². The van der Waals surface area contributed by atoms with Gasteiger partial charge in [-0.2, -0.15) is 0 Å². The van der Waals surface area contributed by atoms with Gasteiger partial charge in [-0.3, -0.25) is 0 Å². The van der Waals surface area contributed by atoms with Crippen LogP contribution in [-0.4, -0.2) is 13.4 Å². The first kappa shape index (κ1) is 23.6. The molecule has 0 saturated heterocycles. The molecule has 4 heterocycles. The normalized spacial score (nSPS) is 15.9. The SMILES string of the molecule is c1ccc2c(c1)Sc1cccc3c1B2c1cc2c4c(cc5c(c4c1S3)Sc1cccc3c1B5c1ccccc1S3)CC2. The minimum absolute atomic E-state index is 0.296. The fraction of sp³-hybridized carbons (Fsp3) is 0.0556. The van der Waals surface area contributed by atoms with Crippen molar-refractivity contribution in [1.29, 1.82) is 0 Å². The molecule has 0 radical (unpaired) electrons. The second-order valence-electron chi connectivity index (χ2n) is 11.8. The van der Waals surface area contributed by atoms with Crippen LogP contribution in [0.4, 0.5) is 0 Å². The lowest BCUT2D eigenvalue weighted by Crippen LogP contribution is -2.59. The summed E-state index contributed by atoms with van der Waals surface area (Å²) in [5.41, 5.74) is 12.1. The van der Waals surface area contributed by atoms with Crippen LogP contribution in [0.1, 0.15) is 11.1 Å². The molecule has 1 aliphatic carbocycles. The lowest BCUT2D eigenvalue weighted by Gasteiger charge is -2.36. The van der Waals surface area contributed by atoms with Crippen molar-refractivity contribution >= 4 is 104 Å². The molecule has 6 aromatic rings. The highest BCUT2D eigenvalue weighted by Gasteiger charge is 2.43. The van der Waals surface area contributed by atoms with Gasteiger partial charge in [-0.15, -0.1) is 0 Å². The molecule has 0 fully saturated rings. The maximum atomic E-state index is 2.61. The van der Waals surface area contributed by atoms with E-state index in [2.05, 4.69) is 97.1 Å². The summed E-state index contributed by atoms with van der Waals surface area (Å²) in [6.45, 7) is 0.592. The lowest BCUT2D eigenvalue weighted by molar-refractivity contribution is 1.03. The predicted molar refractivity (Wildman–Crippen MR) is 183 cm³/mol. The van der Waals surface area contributed by atoms with Crippen molar-refractivity contribution in [3.8, 4) is 0 Å². The summed E-state index contributed by atoms with van der Waals surface area (Å²) in [7, 11) is 0. The van der Waals surface area contributed by atoms with Gasteiger partial charge in [-0.05, 0) is 76.7 Å². The van der Waals surface area contributed by atoms with Crippen molar-refractivity contribution in [3.63, 3.8) is 0 Å². The summed E-state index contributed by atoms with van der Waals surface area (Å²) in [6, 6.07) is 37.4. The van der Waals surface area contributed by atoms with E-state index >= 15 is 0 Å². The molecule has 42 heavy (non-hydrogen) atoms. The highest BCUT2D eigenvalue weighted by Crippen LogP contribution is 2.48. The summed E-state index contributed by atoms with van der Waals surface area (Å²) >= 11 is 7.96. The van der Waals surface area contributed by atoms with E-state index in [9.17, 15) is 0 Å². The molecule has 6 heteroatoms. The van der Waals surface area contributed by atoms with E-state index in [0.29, 0.717) is 13.4 Å². The molecular formula is C36H20B2S4. The van der Waals surface area contributed by atoms with E-state index in [1.165, 1.54) is 77.3 Å². The number of aryl methyl sites for hydroxylation is 2. The Labute approximate surface area is 262 Å². The Kier molecular flexibility index (Phi) is 4.70. The van der Waals surface area contributed by atoms with Crippen LogP contribution >= 0.6 is 47.0 Å². The molecule has 11 rings (SSSR count). The minimum Gasteiger partial charge on any atom is -0.0911 e. The van der Waals surface area contributed by atoms with Gasteiger partial charge < -0.3 is 0 Å². The Hall–Kier alpha value is -2.89. The Morgan fingerprint density at radius 2 is 0.833 bits per heavy atom. The fourth-order valence-corrected chi connectivity index (χ4v) is 13.3. The molecule has 0 nitrogen and oxygen atoms in total. The Morgan fingerprint density at radius 1 is 0.405 bits per heavy atom. The van der Waals surface area contributed by atoms with E-state index in [0.717, 1.165) is 12.8 Å². The number of rotatable bonds is 0. The number of hydrogen-bond donors (Lipinski definition) is 0. The van der Waals surface area contributed by atoms with Crippen LogP contribution in [-0.2, 0) is 12.8 Å². The Balaban J connectivity index is 1.26. The molecule has 0 atom stereocenters. The summed E-state index contributed by atoms with van der Waals surface area (Å²) in [6.07, 6.45) is 2.29. The van der Waals surface area contributed by atoms with Crippen LogP contribution in [0, 0.1) is 0 Å². The molecule has 5 aliphatic rings. The molecule has 0 N–H and O–H groups in total. The van der Waals surface area contributed by atoms with Gasteiger partial charge in [0.05, 0.1) is 0 Å². The van der Waals surface area contributed by atoms with Gasteiger partial charge in [0.1, 0.15) is 0 Å². The minimum atomic E-state index is 0.296. The third kappa shape index (κ3) is 2.95.